The highest BCUT2D eigenvalue weighted by Gasteiger charge is 2.45. The van der Waals surface area contributed by atoms with Crippen molar-refractivity contribution in [2.45, 2.75) is 30.8 Å². The van der Waals surface area contributed by atoms with Crippen LogP contribution < -0.4 is 4.90 Å². The number of piperidine rings is 1. The Morgan fingerprint density at radius 1 is 0.892 bits per heavy atom. The maximum Gasteiger partial charge on any atom is 0.410 e. The summed E-state index contributed by atoms with van der Waals surface area (Å²) in [5.74, 6) is 0.0391. The Bertz CT molecular complexity index is 1280. The van der Waals surface area contributed by atoms with E-state index in [0.717, 1.165) is 11.3 Å². The third-order valence-electron chi connectivity index (χ3n) is 8.09. The molecule has 0 aromatic heterocycles. The number of anilines is 1. The molecule has 2 fully saturated rings. The van der Waals surface area contributed by atoms with Crippen molar-refractivity contribution < 1.29 is 19.1 Å². The van der Waals surface area contributed by atoms with Crippen LogP contribution in [0.15, 0.2) is 72.8 Å². The molecule has 2 unspecified atom stereocenters. The number of carbonyl (C=O) groups excluding carboxylic acids is 2. The molecule has 37 heavy (non-hydrogen) atoms. The molecule has 2 atom stereocenters. The van der Waals surface area contributed by atoms with Crippen LogP contribution in [0.25, 0.3) is 11.1 Å². The summed E-state index contributed by atoms with van der Waals surface area (Å²) in [5.41, 5.74) is 6.55. The van der Waals surface area contributed by atoms with E-state index in [4.69, 9.17) is 9.47 Å². The lowest BCUT2D eigenvalue weighted by molar-refractivity contribution is -0.0747. The Hall–Kier alpha value is -3.64. The molecule has 0 saturated carbocycles. The highest BCUT2D eigenvalue weighted by atomic mass is 16.6. The van der Waals surface area contributed by atoms with E-state index in [1.165, 1.54) is 22.3 Å². The molecule has 3 aromatic carbocycles. The van der Waals surface area contributed by atoms with Crippen LogP contribution in [0.5, 0.6) is 0 Å². The van der Waals surface area contributed by atoms with E-state index in [1.54, 1.807) is 0 Å². The molecule has 6 heteroatoms. The number of hydrogen-bond donors (Lipinski definition) is 0. The summed E-state index contributed by atoms with van der Waals surface area (Å²) in [4.78, 5) is 30.7. The molecule has 3 aromatic rings. The SMILES string of the molecule is CN(C)c1cccc(C(=O)C2CC3COCC(C2)N3C(=O)OCC2c3ccccc3-c3ccccc32)c1. The Labute approximate surface area is 217 Å². The van der Waals surface area contributed by atoms with Gasteiger partial charge in [-0.25, -0.2) is 4.79 Å². The van der Waals surface area contributed by atoms with E-state index in [-0.39, 0.29) is 35.8 Å². The molecule has 0 N–H and O–H groups in total. The third-order valence-corrected chi connectivity index (χ3v) is 8.09. The zero-order chi connectivity index (χ0) is 25.5. The van der Waals surface area contributed by atoms with E-state index in [2.05, 4.69) is 24.3 Å². The van der Waals surface area contributed by atoms with Crippen LogP contribution in [0, 0.1) is 5.92 Å². The lowest BCUT2D eigenvalue weighted by Crippen LogP contribution is -2.60. The molecule has 1 aliphatic carbocycles. The van der Waals surface area contributed by atoms with Gasteiger partial charge in [-0.1, -0.05) is 60.7 Å². The van der Waals surface area contributed by atoms with Gasteiger partial charge < -0.3 is 14.4 Å². The van der Waals surface area contributed by atoms with E-state index in [1.807, 2.05) is 72.4 Å². The maximum atomic E-state index is 13.4. The average Bonchev–Trinajstić information content (AvgIpc) is 3.24. The molecule has 0 spiro atoms. The van der Waals surface area contributed by atoms with Gasteiger partial charge in [0.2, 0.25) is 0 Å². The number of ketones is 1. The van der Waals surface area contributed by atoms with Gasteiger partial charge in [0.1, 0.15) is 6.61 Å². The summed E-state index contributed by atoms with van der Waals surface area (Å²) in [6.07, 6.45) is 0.873. The topological polar surface area (TPSA) is 59.1 Å². The van der Waals surface area contributed by atoms with E-state index in [9.17, 15) is 9.59 Å². The predicted octanol–water partition coefficient (Wildman–Crippen LogP) is 5.36. The first-order valence-corrected chi connectivity index (χ1v) is 13.0. The number of carbonyl (C=O) groups is 2. The fourth-order valence-electron chi connectivity index (χ4n) is 6.27. The standard InChI is InChI=1S/C31H32N2O4/c1-32(2)22-9-7-8-20(14-22)30(34)21-15-23-17-36-18-24(16-21)33(23)31(35)37-19-29-27-12-5-3-10-25(27)26-11-4-6-13-28(26)29/h3-14,21,23-24,29H,15-19H2,1-2H3. The van der Waals surface area contributed by atoms with Crippen LogP contribution >= 0.6 is 0 Å². The highest BCUT2D eigenvalue weighted by molar-refractivity contribution is 5.99. The van der Waals surface area contributed by atoms with Crippen molar-refractivity contribution in [1.82, 2.24) is 4.90 Å². The molecule has 2 bridgehead atoms. The minimum Gasteiger partial charge on any atom is -0.448 e. The van der Waals surface area contributed by atoms with Crippen molar-refractivity contribution >= 4 is 17.6 Å². The number of nitrogens with zero attached hydrogens (tertiary/aromatic N) is 2. The number of morpholine rings is 1. The number of amides is 1. The first-order valence-electron chi connectivity index (χ1n) is 13.0. The van der Waals surface area contributed by atoms with Crippen LogP contribution in [-0.2, 0) is 9.47 Å². The first-order chi connectivity index (χ1) is 18.0. The number of ether oxygens (including phenoxy) is 2. The fourth-order valence-corrected chi connectivity index (χ4v) is 6.27. The molecule has 0 radical (unpaired) electrons. The lowest BCUT2D eigenvalue weighted by atomic mass is 9.81. The van der Waals surface area contributed by atoms with Gasteiger partial charge in [-0.05, 0) is 47.2 Å². The van der Waals surface area contributed by atoms with Gasteiger partial charge in [0.25, 0.3) is 0 Å². The van der Waals surface area contributed by atoms with Gasteiger partial charge in [-0.3, -0.25) is 9.69 Å². The summed E-state index contributed by atoms with van der Waals surface area (Å²) in [6.45, 7) is 1.16. The molecule has 2 heterocycles. The van der Waals surface area contributed by atoms with Gasteiger partial charge in [-0.15, -0.1) is 0 Å². The fraction of sp³-hybridized carbons (Fsp3) is 0.355. The Morgan fingerprint density at radius 2 is 1.51 bits per heavy atom. The second-order valence-corrected chi connectivity index (χ2v) is 10.5. The average molecular weight is 497 g/mol. The summed E-state index contributed by atoms with van der Waals surface area (Å²) in [5, 5.41) is 0. The van der Waals surface area contributed by atoms with Gasteiger partial charge in [-0.2, -0.15) is 0 Å². The smallest absolute Gasteiger partial charge is 0.410 e. The molecule has 1 amide bonds. The van der Waals surface area contributed by atoms with Gasteiger partial charge in [0.05, 0.1) is 25.3 Å². The molecule has 3 aliphatic rings. The zero-order valence-electron chi connectivity index (χ0n) is 21.3. The van der Waals surface area contributed by atoms with Crippen LogP contribution in [0.3, 0.4) is 0 Å². The molecular formula is C31H32N2O4. The maximum absolute atomic E-state index is 13.4. The van der Waals surface area contributed by atoms with Crippen LogP contribution in [0.4, 0.5) is 10.5 Å². The molecule has 2 aliphatic heterocycles. The Kier molecular flexibility index (Phi) is 6.21. The molecule has 6 nitrogen and oxygen atoms in total. The number of rotatable bonds is 5. The van der Waals surface area contributed by atoms with Crippen LogP contribution in [0.2, 0.25) is 0 Å². The zero-order valence-corrected chi connectivity index (χ0v) is 21.3. The number of hydrogen-bond acceptors (Lipinski definition) is 5. The number of fused-ring (bicyclic) bond motifs is 5. The highest BCUT2D eigenvalue weighted by Crippen LogP contribution is 2.44. The van der Waals surface area contributed by atoms with Gasteiger partial charge in [0.15, 0.2) is 5.78 Å². The summed E-state index contributed by atoms with van der Waals surface area (Å²) >= 11 is 0. The molecule has 190 valence electrons. The van der Waals surface area contributed by atoms with Crippen LogP contribution in [-0.4, -0.2) is 62.8 Å². The number of Topliss-reactive ketones (excluding diaryl/α,β-unsaturated/α-hetero) is 1. The largest absolute Gasteiger partial charge is 0.448 e. The number of benzene rings is 3. The third kappa shape index (κ3) is 4.29. The molecule has 6 rings (SSSR count). The normalized spacial score (nSPS) is 22.2. The van der Waals surface area contributed by atoms with Gasteiger partial charge in [0, 0.05) is 37.2 Å². The van der Waals surface area contributed by atoms with Crippen molar-refractivity contribution in [3.8, 4) is 11.1 Å². The quantitative estimate of drug-likeness (QED) is 0.445. The van der Waals surface area contributed by atoms with Crippen molar-refractivity contribution in [3.63, 3.8) is 0 Å². The minimum absolute atomic E-state index is 0.0236. The second-order valence-electron chi connectivity index (χ2n) is 10.5. The van der Waals surface area contributed by atoms with E-state index in [0.29, 0.717) is 32.7 Å². The summed E-state index contributed by atoms with van der Waals surface area (Å²) in [6, 6.07) is 24.1. The molecule has 2 saturated heterocycles. The minimum atomic E-state index is -0.305. The first kappa shape index (κ1) is 23.7. The lowest BCUT2D eigenvalue weighted by Gasteiger charge is -2.47. The van der Waals surface area contributed by atoms with E-state index >= 15 is 0 Å². The predicted molar refractivity (Wildman–Crippen MR) is 143 cm³/mol. The van der Waals surface area contributed by atoms with Crippen molar-refractivity contribution in [1.29, 1.82) is 0 Å². The van der Waals surface area contributed by atoms with Crippen molar-refractivity contribution in [2.75, 3.05) is 38.8 Å². The monoisotopic (exact) mass is 496 g/mol. The summed E-state index contributed by atoms with van der Waals surface area (Å²) < 4.78 is 11.8. The Balaban J connectivity index is 1.16. The van der Waals surface area contributed by atoms with Crippen molar-refractivity contribution in [3.05, 3.63) is 89.5 Å². The van der Waals surface area contributed by atoms with Gasteiger partial charge >= 0.3 is 6.09 Å². The molecular weight excluding hydrogens is 464 g/mol. The second kappa shape index (κ2) is 9.67. The van der Waals surface area contributed by atoms with Crippen molar-refractivity contribution in [2.24, 2.45) is 5.92 Å². The summed E-state index contributed by atoms with van der Waals surface area (Å²) in [7, 11) is 3.94. The Morgan fingerprint density at radius 3 is 2.14 bits per heavy atom. The van der Waals surface area contributed by atoms with Crippen LogP contribution in [0.1, 0.15) is 40.2 Å². The van der Waals surface area contributed by atoms with E-state index < -0.39 is 0 Å².